The number of rotatable bonds is 5. The molecule has 0 saturated heterocycles. The molecular weight excluding hydrogens is 290 g/mol. The van der Waals surface area contributed by atoms with E-state index in [9.17, 15) is 13.2 Å². The Balaban J connectivity index is 2.42. The van der Waals surface area contributed by atoms with Crippen LogP contribution in [0.5, 0.6) is 0 Å². The van der Waals surface area contributed by atoms with Crippen molar-refractivity contribution in [2.75, 3.05) is 12.4 Å². The molecule has 0 spiro atoms. The average molecular weight is 311 g/mol. The van der Waals surface area contributed by atoms with Gasteiger partial charge in [0.1, 0.15) is 5.54 Å². The van der Waals surface area contributed by atoms with Crippen LogP contribution in [-0.2, 0) is 19.4 Å². The van der Waals surface area contributed by atoms with Crippen molar-refractivity contribution in [3.63, 3.8) is 0 Å². The maximum atomic E-state index is 12.2. The predicted molar refractivity (Wildman–Crippen MR) is 80.7 cm³/mol. The van der Waals surface area contributed by atoms with Crippen LogP contribution in [0.15, 0.2) is 24.3 Å². The molecule has 0 radical (unpaired) electrons. The normalized spacial score (nSPS) is 28.2. The maximum Gasteiger partial charge on any atom is 0.328 e. The number of aryl methyl sites for hydroxylation is 1. The highest BCUT2D eigenvalue weighted by Crippen LogP contribution is 2.55. The minimum atomic E-state index is -3.43. The van der Waals surface area contributed by atoms with Crippen molar-refractivity contribution < 1.29 is 17.9 Å². The number of benzene rings is 1. The van der Waals surface area contributed by atoms with Gasteiger partial charge in [-0.25, -0.2) is 13.2 Å². The molecule has 0 aromatic heterocycles. The molecular formula is C15H21NO4S. The highest BCUT2D eigenvalue weighted by molar-refractivity contribution is 7.92. The van der Waals surface area contributed by atoms with Crippen LogP contribution in [-0.4, -0.2) is 37.5 Å². The number of sulfone groups is 1. The minimum absolute atomic E-state index is 0.0433. The fraction of sp³-hybridized carbons (Fsp3) is 0.533. The lowest BCUT2D eigenvalue weighted by molar-refractivity contribution is -0.145. The molecule has 1 aliphatic rings. The van der Waals surface area contributed by atoms with E-state index in [0.29, 0.717) is 0 Å². The van der Waals surface area contributed by atoms with Crippen LogP contribution < -0.4 is 5.73 Å². The van der Waals surface area contributed by atoms with Gasteiger partial charge >= 0.3 is 5.97 Å². The standard InChI is InChI=1S/C15H21NO4S/c1-4-20-14(17)15(16)12(13(15)21(18,19)5-2)11-8-6-10(3)7-9-11/h6-9,12-13H,4-5,16H2,1-3H3/t12-,13-,15+/m1/s1. The van der Waals surface area contributed by atoms with Crippen molar-refractivity contribution in [3.8, 4) is 0 Å². The van der Waals surface area contributed by atoms with Crippen LogP contribution in [0.4, 0.5) is 0 Å². The Morgan fingerprint density at radius 3 is 2.33 bits per heavy atom. The largest absolute Gasteiger partial charge is 0.465 e. The second-order valence-corrected chi connectivity index (χ2v) is 7.82. The molecule has 1 aliphatic carbocycles. The van der Waals surface area contributed by atoms with E-state index in [1.165, 1.54) is 0 Å². The monoisotopic (exact) mass is 311 g/mol. The highest BCUT2D eigenvalue weighted by Gasteiger charge is 2.74. The first-order valence-corrected chi connectivity index (χ1v) is 8.74. The Hall–Kier alpha value is -1.40. The number of ether oxygens (including phenoxy) is 1. The molecule has 0 aliphatic heterocycles. The summed E-state index contributed by atoms with van der Waals surface area (Å²) >= 11 is 0. The maximum absolute atomic E-state index is 12.2. The summed E-state index contributed by atoms with van der Waals surface area (Å²) in [7, 11) is -3.43. The molecule has 116 valence electrons. The number of carbonyl (C=O) groups excluding carboxylic acids is 1. The van der Waals surface area contributed by atoms with Gasteiger partial charge in [-0.1, -0.05) is 36.8 Å². The van der Waals surface area contributed by atoms with Gasteiger partial charge < -0.3 is 10.5 Å². The van der Waals surface area contributed by atoms with Crippen LogP contribution in [0.1, 0.15) is 30.9 Å². The first-order valence-electron chi connectivity index (χ1n) is 7.03. The molecule has 1 aromatic carbocycles. The fourth-order valence-corrected chi connectivity index (χ4v) is 4.70. The predicted octanol–water partition coefficient (Wildman–Crippen LogP) is 1.16. The molecule has 21 heavy (non-hydrogen) atoms. The van der Waals surface area contributed by atoms with E-state index in [0.717, 1.165) is 11.1 Å². The van der Waals surface area contributed by atoms with E-state index in [4.69, 9.17) is 10.5 Å². The van der Waals surface area contributed by atoms with Crippen molar-refractivity contribution >= 4 is 15.8 Å². The van der Waals surface area contributed by atoms with Gasteiger partial charge in [0.2, 0.25) is 0 Å². The topological polar surface area (TPSA) is 86.5 Å². The van der Waals surface area contributed by atoms with Crippen molar-refractivity contribution in [2.45, 2.75) is 37.5 Å². The Morgan fingerprint density at radius 1 is 1.29 bits per heavy atom. The van der Waals surface area contributed by atoms with E-state index >= 15 is 0 Å². The van der Waals surface area contributed by atoms with Gasteiger partial charge in [-0.05, 0) is 19.4 Å². The van der Waals surface area contributed by atoms with Gasteiger partial charge in [-0.3, -0.25) is 0 Å². The van der Waals surface area contributed by atoms with E-state index in [2.05, 4.69) is 0 Å². The first-order chi connectivity index (χ1) is 9.79. The smallest absolute Gasteiger partial charge is 0.328 e. The third-order valence-corrected chi connectivity index (χ3v) is 6.27. The molecule has 0 amide bonds. The van der Waals surface area contributed by atoms with Crippen LogP contribution in [0.25, 0.3) is 0 Å². The fourth-order valence-electron chi connectivity index (χ4n) is 2.78. The number of esters is 1. The SMILES string of the molecule is CCOC(=O)[C@]1(N)[C@H](c2ccc(C)cc2)[C@H]1S(=O)(=O)CC. The molecule has 6 heteroatoms. The Morgan fingerprint density at radius 2 is 1.86 bits per heavy atom. The van der Waals surface area contributed by atoms with Gasteiger partial charge in [0.25, 0.3) is 0 Å². The number of carbonyl (C=O) groups is 1. The second kappa shape index (κ2) is 5.42. The summed E-state index contributed by atoms with van der Waals surface area (Å²) in [5.74, 6) is -1.22. The number of nitrogens with two attached hydrogens (primary N) is 1. The third kappa shape index (κ3) is 2.58. The van der Waals surface area contributed by atoms with Crippen molar-refractivity contribution in [1.82, 2.24) is 0 Å². The van der Waals surface area contributed by atoms with Gasteiger partial charge in [0, 0.05) is 11.7 Å². The summed E-state index contributed by atoms with van der Waals surface area (Å²) in [6.45, 7) is 5.36. The average Bonchev–Trinajstić information content (AvgIpc) is 3.09. The van der Waals surface area contributed by atoms with Crippen LogP contribution in [0.2, 0.25) is 0 Å². The van der Waals surface area contributed by atoms with Crippen molar-refractivity contribution in [1.29, 1.82) is 0 Å². The number of hydrogen-bond donors (Lipinski definition) is 1. The van der Waals surface area contributed by atoms with Gasteiger partial charge in [-0.15, -0.1) is 0 Å². The Bertz CT molecular complexity index is 638. The Kier molecular flexibility index (Phi) is 4.13. The Labute approximate surface area is 125 Å². The molecule has 2 rings (SSSR count). The zero-order valence-electron chi connectivity index (χ0n) is 12.5. The lowest BCUT2D eigenvalue weighted by atomic mass is 10.1. The molecule has 0 unspecified atom stereocenters. The lowest BCUT2D eigenvalue weighted by Gasteiger charge is -2.11. The molecule has 5 nitrogen and oxygen atoms in total. The zero-order chi connectivity index (χ0) is 15.8. The molecule has 0 bridgehead atoms. The number of hydrogen-bond acceptors (Lipinski definition) is 5. The summed E-state index contributed by atoms with van der Waals surface area (Å²) in [6, 6.07) is 7.42. The van der Waals surface area contributed by atoms with Gasteiger partial charge in [-0.2, -0.15) is 0 Å². The van der Waals surface area contributed by atoms with Crippen molar-refractivity contribution in [3.05, 3.63) is 35.4 Å². The summed E-state index contributed by atoms with van der Waals surface area (Å²) in [5.41, 5.74) is 6.50. The summed E-state index contributed by atoms with van der Waals surface area (Å²) < 4.78 is 29.5. The minimum Gasteiger partial charge on any atom is -0.465 e. The molecule has 1 saturated carbocycles. The quantitative estimate of drug-likeness (QED) is 0.825. The van der Waals surface area contributed by atoms with E-state index in [1.54, 1.807) is 13.8 Å². The summed E-state index contributed by atoms with van der Waals surface area (Å²) in [6.07, 6.45) is 0. The summed E-state index contributed by atoms with van der Waals surface area (Å²) in [4.78, 5) is 12.1. The molecule has 3 atom stereocenters. The van der Waals surface area contributed by atoms with E-state index < -0.39 is 32.5 Å². The van der Waals surface area contributed by atoms with Gasteiger partial charge in [0.15, 0.2) is 9.84 Å². The molecule has 0 heterocycles. The van der Waals surface area contributed by atoms with E-state index in [1.807, 2.05) is 31.2 Å². The van der Waals surface area contributed by atoms with Crippen LogP contribution in [0, 0.1) is 6.92 Å². The lowest BCUT2D eigenvalue weighted by Crippen LogP contribution is -2.41. The van der Waals surface area contributed by atoms with Crippen LogP contribution in [0.3, 0.4) is 0 Å². The zero-order valence-corrected chi connectivity index (χ0v) is 13.3. The molecule has 1 aromatic rings. The summed E-state index contributed by atoms with van der Waals surface area (Å²) in [5, 5.41) is -0.906. The highest BCUT2D eigenvalue weighted by atomic mass is 32.2. The first kappa shape index (κ1) is 16.0. The van der Waals surface area contributed by atoms with Gasteiger partial charge in [0.05, 0.1) is 11.9 Å². The molecule has 1 fully saturated rings. The third-order valence-electron chi connectivity index (χ3n) is 4.03. The van der Waals surface area contributed by atoms with Crippen molar-refractivity contribution in [2.24, 2.45) is 5.73 Å². The second-order valence-electron chi connectivity index (χ2n) is 5.41. The van der Waals surface area contributed by atoms with E-state index in [-0.39, 0.29) is 12.4 Å². The molecule has 2 N–H and O–H groups in total. The van der Waals surface area contributed by atoms with Crippen LogP contribution >= 0.6 is 0 Å².